The highest BCUT2D eigenvalue weighted by Crippen LogP contribution is 2.18. The van der Waals surface area contributed by atoms with Crippen molar-refractivity contribution in [2.75, 3.05) is 25.9 Å². The van der Waals surface area contributed by atoms with Gasteiger partial charge in [-0.25, -0.2) is 0 Å². The Morgan fingerprint density at radius 1 is 1.50 bits per heavy atom. The number of carbonyl (C=O) groups is 1. The molecule has 1 aromatic rings. The van der Waals surface area contributed by atoms with Crippen molar-refractivity contribution in [2.24, 2.45) is 0 Å². The summed E-state index contributed by atoms with van der Waals surface area (Å²) in [5.41, 5.74) is 7.09. The van der Waals surface area contributed by atoms with Gasteiger partial charge in [-0.2, -0.15) is 0 Å². The van der Waals surface area contributed by atoms with Crippen molar-refractivity contribution in [3.8, 4) is 0 Å². The number of anilines is 1. The summed E-state index contributed by atoms with van der Waals surface area (Å²) < 4.78 is 7.21. The van der Waals surface area contributed by atoms with E-state index in [1.165, 1.54) is 0 Å². The van der Waals surface area contributed by atoms with Gasteiger partial charge in [0.25, 0.3) is 5.91 Å². The van der Waals surface area contributed by atoms with E-state index in [1.54, 1.807) is 13.2 Å². The number of piperidine rings is 1. The highest BCUT2D eigenvalue weighted by molar-refractivity contribution is 5.93. The number of hydrogen-bond donors (Lipinski definition) is 1. The fourth-order valence-electron chi connectivity index (χ4n) is 2.43. The largest absolute Gasteiger partial charge is 0.397 e. The number of hydrogen-bond acceptors (Lipinski definition) is 3. The van der Waals surface area contributed by atoms with E-state index in [-0.39, 0.29) is 12.0 Å². The van der Waals surface area contributed by atoms with E-state index in [4.69, 9.17) is 10.5 Å². The van der Waals surface area contributed by atoms with Gasteiger partial charge in [0, 0.05) is 32.9 Å². The Morgan fingerprint density at radius 2 is 2.17 bits per heavy atom. The second-order valence-electron chi connectivity index (χ2n) is 4.67. The van der Waals surface area contributed by atoms with Crippen LogP contribution in [0.3, 0.4) is 0 Å². The molecule has 0 unspecified atom stereocenters. The lowest BCUT2D eigenvalue weighted by Crippen LogP contribution is -2.41. The molecule has 1 amide bonds. The smallest absolute Gasteiger partial charge is 0.270 e. The number of aryl methyl sites for hydroxylation is 1. The summed E-state index contributed by atoms with van der Waals surface area (Å²) >= 11 is 0. The van der Waals surface area contributed by atoms with Crippen LogP contribution in [0.1, 0.15) is 30.3 Å². The summed E-state index contributed by atoms with van der Waals surface area (Å²) in [4.78, 5) is 14.3. The first-order valence-electron chi connectivity index (χ1n) is 6.43. The van der Waals surface area contributed by atoms with Crippen LogP contribution in [-0.4, -0.2) is 41.7 Å². The average Bonchev–Trinajstić information content (AvgIpc) is 2.79. The highest BCUT2D eigenvalue weighted by atomic mass is 16.5. The molecule has 0 aromatic carbocycles. The van der Waals surface area contributed by atoms with Gasteiger partial charge in [-0.05, 0) is 25.8 Å². The normalized spacial score (nSPS) is 17.1. The molecule has 0 saturated carbocycles. The lowest BCUT2D eigenvalue weighted by Gasteiger charge is -2.31. The van der Waals surface area contributed by atoms with Crippen LogP contribution in [-0.2, 0) is 11.3 Å². The molecule has 0 radical (unpaired) electrons. The van der Waals surface area contributed by atoms with Crippen molar-refractivity contribution in [1.29, 1.82) is 0 Å². The van der Waals surface area contributed by atoms with E-state index in [2.05, 4.69) is 0 Å². The zero-order valence-electron chi connectivity index (χ0n) is 11.1. The molecular formula is C13H21N3O2. The van der Waals surface area contributed by atoms with E-state index in [1.807, 2.05) is 22.6 Å². The maximum absolute atomic E-state index is 12.4. The Labute approximate surface area is 108 Å². The third-order valence-corrected chi connectivity index (χ3v) is 3.54. The van der Waals surface area contributed by atoms with Gasteiger partial charge < -0.3 is 19.9 Å². The van der Waals surface area contributed by atoms with Crippen molar-refractivity contribution in [3.05, 3.63) is 18.0 Å². The monoisotopic (exact) mass is 251 g/mol. The lowest BCUT2D eigenvalue weighted by atomic mass is 10.1. The van der Waals surface area contributed by atoms with Gasteiger partial charge >= 0.3 is 0 Å². The second kappa shape index (κ2) is 5.44. The van der Waals surface area contributed by atoms with Crippen LogP contribution < -0.4 is 5.73 Å². The molecule has 0 spiro atoms. The summed E-state index contributed by atoms with van der Waals surface area (Å²) in [6, 6.07) is 1.76. The number of amides is 1. The van der Waals surface area contributed by atoms with Crippen molar-refractivity contribution >= 4 is 11.6 Å². The number of nitrogens with zero attached hydrogens (tertiary/aromatic N) is 2. The van der Waals surface area contributed by atoms with Crippen molar-refractivity contribution < 1.29 is 9.53 Å². The topological polar surface area (TPSA) is 60.5 Å². The first-order chi connectivity index (χ1) is 8.65. The van der Waals surface area contributed by atoms with Crippen molar-refractivity contribution in [1.82, 2.24) is 9.47 Å². The standard InChI is InChI=1S/C13H21N3O2/c1-3-15-9-10(14)8-12(15)13(17)16-6-4-11(18-2)5-7-16/h8-9,11H,3-7,14H2,1-2H3. The minimum Gasteiger partial charge on any atom is -0.397 e. The molecule has 0 bridgehead atoms. The van der Waals surface area contributed by atoms with Gasteiger partial charge in [-0.15, -0.1) is 0 Å². The highest BCUT2D eigenvalue weighted by Gasteiger charge is 2.25. The van der Waals surface area contributed by atoms with Gasteiger partial charge in [0.1, 0.15) is 5.69 Å². The van der Waals surface area contributed by atoms with Gasteiger partial charge in [0.2, 0.25) is 0 Å². The molecule has 18 heavy (non-hydrogen) atoms. The summed E-state index contributed by atoms with van der Waals surface area (Å²) in [5.74, 6) is 0.0723. The first-order valence-corrected chi connectivity index (χ1v) is 6.43. The van der Waals surface area contributed by atoms with Crippen LogP contribution in [0.2, 0.25) is 0 Å². The molecule has 1 fully saturated rings. The Kier molecular flexibility index (Phi) is 3.91. The average molecular weight is 251 g/mol. The molecule has 2 N–H and O–H groups in total. The molecule has 5 heteroatoms. The molecule has 1 aromatic heterocycles. The molecule has 1 saturated heterocycles. The van der Waals surface area contributed by atoms with Crippen LogP contribution in [0.5, 0.6) is 0 Å². The minimum absolute atomic E-state index is 0.0723. The second-order valence-corrected chi connectivity index (χ2v) is 4.67. The predicted octanol–water partition coefficient (Wildman–Crippen LogP) is 1.34. The zero-order valence-corrected chi connectivity index (χ0v) is 11.1. The van der Waals surface area contributed by atoms with Gasteiger partial charge in [0.15, 0.2) is 0 Å². The lowest BCUT2D eigenvalue weighted by molar-refractivity contribution is 0.0345. The fraction of sp³-hybridized carbons (Fsp3) is 0.615. The quantitative estimate of drug-likeness (QED) is 0.882. The van der Waals surface area contributed by atoms with Crippen molar-refractivity contribution in [3.63, 3.8) is 0 Å². The SMILES string of the molecule is CCn1cc(N)cc1C(=O)N1CCC(OC)CC1. The molecule has 1 aliphatic heterocycles. The van der Waals surface area contributed by atoms with E-state index < -0.39 is 0 Å². The molecule has 0 aliphatic carbocycles. The Balaban J connectivity index is 2.07. The van der Waals surface area contributed by atoms with Gasteiger partial charge in [-0.3, -0.25) is 4.79 Å². The van der Waals surface area contributed by atoms with Crippen LogP contribution in [0.15, 0.2) is 12.3 Å². The first kappa shape index (κ1) is 13.0. The maximum Gasteiger partial charge on any atom is 0.270 e. The van der Waals surface area contributed by atoms with Crippen LogP contribution in [0.4, 0.5) is 5.69 Å². The molecule has 0 atom stereocenters. The summed E-state index contributed by atoms with van der Waals surface area (Å²) in [7, 11) is 1.73. The van der Waals surface area contributed by atoms with E-state index in [0.717, 1.165) is 32.5 Å². The summed E-state index contributed by atoms with van der Waals surface area (Å²) in [6.07, 6.45) is 3.92. The molecule has 2 heterocycles. The number of likely N-dealkylation sites (tertiary alicyclic amines) is 1. The van der Waals surface area contributed by atoms with Gasteiger partial charge in [-0.1, -0.05) is 0 Å². The van der Waals surface area contributed by atoms with Gasteiger partial charge in [0.05, 0.1) is 11.8 Å². The van der Waals surface area contributed by atoms with E-state index >= 15 is 0 Å². The number of ether oxygens (including phenoxy) is 1. The van der Waals surface area contributed by atoms with E-state index in [0.29, 0.717) is 11.4 Å². The number of rotatable bonds is 3. The molecular weight excluding hydrogens is 230 g/mol. The van der Waals surface area contributed by atoms with Crippen molar-refractivity contribution in [2.45, 2.75) is 32.4 Å². The summed E-state index contributed by atoms with van der Waals surface area (Å²) in [6.45, 7) is 4.28. The fourth-order valence-corrected chi connectivity index (χ4v) is 2.43. The number of carbonyl (C=O) groups excluding carboxylic acids is 1. The number of methoxy groups -OCH3 is 1. The molecule has 100 valence electrons. The molecule has 5 nitrogen and oxygen atoms in total. The zero-order chi connectivity index (χ0) is 13.1. The van der Waals surface area contributed by atoms with Crippen LogP contribution in [0, 0.1) is 0 Å². The third kappa shape index (κ3) is 2.51. The van der Waals surface area contributed by atoms with Crippen LogP contribution in [0.25, 0.3) is 0 Å². The Morgan fingerprint density at radius 3 is 2.72 bits per heavy atom. The Bertz CT molecular complexity index is 420. The minimum atomic E-state index is 0.0723. The maximum atomic E-state index is 12.4. The number of nitrogen functional groups attached to an aromatic ring is 1. The molecule has 2 rings (SSSR count). The number of nitrogens with two attached hydrogens (primary N) is 1. The Hall–Kier alpha value is -1.49. The van der Waals surface area contributed by atoms with Crippen LogP contribution >= 0.6 is 0 Å². The van der Waals surface area contributed by atoms with E-state index in [9.17, 15) is 4.79 Å². The number of aromatic nitrogens is 1. The summed E-state index contributed by atoms with van der Waals surface area (Å²) in [5, 5.41) is 0. The third-order valence-electron chi connectivity index (χ3n) is 3.54. The molecule has 1 aliphatic rings. The predicted molar refractivity (Wildman–Crippen MR) is 70.5 cm³/mol.